The van der Waals surface area contributed by atoms with E-state index in [-0.39, 0.29) is 5.97 Å². The van der Waals surface area contributed by atoms with Gasteiger partial charge in [-0.3, -0.25) is 4.79 Å². The lowest BCUT2D eigenvalue weighted by molar-refractivity contribution is -0.149. The Morgan fingerprint density at radius 1 is 1.44 bits per heavy atom. The van der Waals surface area contributed by atoms with Gasteiger partial charge in [0.05, 0.1) is 7.11 Å². The van der Waals surface area contributed by atoms with Gasteiger partial charge in [0.15, 0.2) is 6.10 Å². The zero-order valence-electron chi connectivity index (χ0n) is 10.7. The van der Waals surface area contributed by atoms with Crippen molar-refractivity contribution < 1.29 is 19.1 Å². The van der Waals surface area contributed by atoms with Crippen molar-refractivity contribution >= 4 is 12.3 Å². The fourth-order valence-corrected chi connectivity index (χ4v) is 1.57. The first-order chi connectivity index (χ1) is 8.71. The Labute approximate surface area is 107 Å². The zero-order valence-corrected chi connectivity index (χ0v) is 10.7. The van der Waals surface area contributed by atoms with Crippen LogP contribution < -0.4 is 4.74 Å². The van der Waals surface area contributed by atoms with Crippen molar-refractivity contribution in [2.24, 2.45) is 0 Å². The number of methoxy groups -OCH3 is 1. The van der Waals surface area contributed by atoms with Gasteiger partial charge in [-0.2, -0.15) is 0 Å². The maximum atomic E-state index is 11.6. The molecule has 0 aromatic heterocycles. The summed E-state index contributed by atoms with van der Waals surface area (Å²) in [4.78, 5) is 22.2. The lowest BCUT2D eigenvalue weighted by Crippen LogP contribution is -2.28. The molecule has 0 aliphatic heterocycles. The Morgan fingerprint density at radius 2 is 2.22 bits per heavy atom. The molecule has 1 unspecified atom stereocenters. The number of esters is 1. The number of ether oxygens (including phenoxy) is 2. The van der Waals surface area contributed by atoms with Gasteiger partial charge in [0, 0.05) is 5.56 Å². The normalized spacial score (nSPS) is 11.7. The molecule has 18 heavy (non-hydrogen) atoms. The minimum atomic E-state index is -0.614. The second-order valence-corrected chi connectivity index (χ2v) is 3.96. The van der Waals surface area contributed by atoms with E-state index in [2.05, 4.69) is 0 Å². The Kier molecular flexibility index (Phi) is 5.91. The van der Waals surface area contributed by atoms with E-state index in [0.717, 1.165) is 19.1 Å². The minimum Gasteiger partial charge on any atom is -0.479 e. The van der Waals surface area contributed by atoms with Crippen LogP contribution in [0, 0.1) is 0 Å². The van der Waals surface area contributed by atoms with E-state index in [0.29, 0.717) is 17.7 Å². The Morgan fingerprint density at radius 3 is 2.83 bits per heavy atom. The number of aldehydes is 1. The second kappa shape index (κ2) is 7.48. The number of rotatable bonds is 7. The van der Waals surface area contributed by atoms with Gasteiger partial charge < -0.3 is 9.47 Å². The molecule has 1 aromatic carbocycles. The number of hydrogen-bond acceptors (Lipinski definition) is 4. The molecule has 0 saturated heterocycles. The summed E-state index contributed by atoms with van der Waals surface area (Å²) < 4.78 is 10.3. The maximum Gasteiger partial charge on any atom is 0.347 e. The predicted octanol–water partition coefficient (Wildman–Crippen LogP) is 2.61. The van der Waals surface area contributed by atoms with Crippen molar-refractivity contribution in [3.8, 4) is 5.75 Å². The van der Waals surface area contributed by atoms with Crippen LogP contribution in [-0.2, 0) is 9.53 Å². The number of carbonyl (C=O) groups excluding carboxylic acids is 2. The molecule has 0 aliphatic carbocycles. The van der Waals surface area contributed by atoms with E-state index in [1.54, 1.807) is 24.3 Å². The van der Waals surface area contributed by atoms with Crippen LogP contribution in [-0.4, -0.2) is 25.5 Å². The molecule has 0 fully saturated rings. The van der Waals surface area contributed by atoms with E-state index in [4.69, 9.17) is 9.47 Å². The highest BCUT2D eigenvalue weighted by Crippen LogP contribution is 2.17. The summed E-state index contributed by atoms with van der Waals surface area (Å²) >= 11 is 0. The van der Waals surface area contributed by atoms with Crippen molar-refractivity contribution in [2.75, 3.05) is 7.11 Å². The van der Waals surface area contributed by atoms with Gasteiger partial charge in [-0.25, -0.2) is 4.79 Å². The average Bonchev–Trinajstić information content (AvgIpc) is 2.42. The lowest BCUT2D eigenvalue weighted by Gasteiger charge is -2.16. The van der Waals surface area contributed by atoms with Crippen LogP contribution in [0.15, 0.2) is 24.3 Å². The van der Waals surface area contributed by atoms with Gasteiger partial charge >= 0.3 is 5.97 Å². The third-order valence-electron chi connectivity index (χ3n) is 2.56. The molecule has 1 aromatic rings. The molecule has 0 aliphatic rings. The van der Waals surface area contributed by atoms with Gasteiger partial charge in [-0.15, -0.1) is 0 Å². The van der Waals surface area contributed by atoms with Crippen LogP contribution in [0.4, 0.5) is 0 Å². The highest BCUT2D eigenvalue weighted by Gasteiger charge is 2.20. The molecule has 0 heterocycles. The lowest BCUT2D eigenvalue weighted by atomic mass is 10.1. The van der Waals surface area contributed by atoms with E-state index < -0.39 is 6.10 Å². The monoisotopic (exact) mass is 250 g/mol. The van der Waals surface area contributed by atoms with E-state index in [9.17, 15) is 9.59 Å². The summed E-state index contributed by atoms with van der Waals surface area (Å²) in [6.07, 6.45) is 2.59. The van der Waals surface area contributed by atoms with E-state index >= 15 is 0 Å². The summed E-state index contributed by atoms with van der Waals surface area (Å²) in [6.45, 7) is 2.04. The second-order valence-electron chi connectivity index (χ2n) is 3.96. The van der Waals surface area contributed by atoms with Gasteiger partial charge in [0.1, 0.15) is 12.0 Å². The summed E-state index contributed by atoms with van der Waals surface area (Å²) in [7, 11) is 1.34. The minimum absolute atomic E-state index is 0.389. The summed E-state index contributed by atoms with van der Waals surface area (Å²) in [6, 6.07) is 6.72. The summed E-state index contributed by atoms with van der Waals surface area (Å²) in [5.41, 5.74) is 0.520. The molecule has 0 bridgehead atoms. The van der Waals surface area contributed by atoms with Crippen LogP contribution in [0.25, 0.3) is 0 Å². The van der Waals surface area contributed by atoms with Crippen LogP contribution in [0.2, 0.25) is 0 Å². The largest absolute Gasteiger partial charge is 0.479 e. The molecule has 0 spiro atoms. The highest BCUT2D eigenvalue weighted by atomic mass is 16.6. The first-order valence-electron chi connectivity index (χ1n) is 6.01. The quantitative estimate of drug-likeness (QED) is 0.551. The maximum absolute atomic E-state index is 11.6. The molecule has 1 rings (SSSR count). The molecular weight excluding hydrogens is 232 g/mol. The van der Waals surface area contributed by atoms with Crippen molar-refractivity contribution in [1.29, 1.82) is 0 Å². The van der Waals surface area contributed by atoms with Crippen LogP contribution in [0.5, 0.6) is 5.75 Å². The topological polar surface area (TPSA) is 52.6 Å². The van der Waals surface area contributed by atoms with Gasteiger partial charge in [0.25, 0.3) is 0 Å². The first kappa shape index (κ1) is 14.2. The molecule has 4 heteroatoms. The van der Waals surface area contributed by atoms with Gasteiger partial charge in [-0.05, 0) is 25.0 Å². The van der Waals surface area contributed by atoms with Crippen molar-refractivity contribution in [3.05, 3.63) is 29.8 Å². The Bertz CT molecular complexity index is 401. The fourth-order valence-electron chi connectivity index (χ4n) is 1.57. The number of carbonyl (C=O) groups is 2. The van der Waals surface area contributed by atoms with Gasteiger partial charge in [0.2, 0.25) is 0 Å². The summed E-state index contributed by atoms with van der Waals surface area (Å²) in [5.74, 6) is 0.117. The van der Waals surface area contributed by atoms with Crippen molar-refractivity contribution in [1.82, 2.24) is 0 Å². The zero-order chi connectivity index (χ0) is 13.4. The molecular formula is C14H18O4. The number of unbranched alkanes of at least 4 members (excludes halogenated alkanes) is 1. The van der Waals surface area contributed by atoms with Gasteiger partial charge in [-0.1, -0.05) is 25.5 Å². The van der Waals surface area contributed by atoms with Crippen LogP contribution in [0.3, 0.4) is 0 Å². The first-order valence-corrected chi connectivity index (χ1v) is 6.01. The molecule has 0 N–H and O–H groups in total. The van der Waals surface area contributed by atoms with E-state index in [1.807, 2.05) is 6.92 Å². The van der Waals surface area contributed by atoms with Crippen molar-refractivity contribution in [2.45, 2.75) is 32.3 Å². The van der Waals surface area contributed by atoms with Crippen molar-refractivity contribution in [3.63, 3.8) is 0 Å². The highest BCUT2D eigenvalue weighted by molar-refractivity contribution is 5.76. The Hall–Kier alpha value is -1.84. The van der Waals surface area contributed by atoms with Crippen LogP contribution in [0.1, 0.15) is 36.5 Å². The molecule has 98 valence electrons. The SMILES string of the molecule is CCCCC(Oc1cccc(C=O)c1)C(=O)OC. The molecule has 0 amide bonds. The molecule has 1 atom stereocenters. The third kappa shape index (κ3) is 4.20. The standard InChI is InChI=1S/C14H18O4/c1-3-4-8-13(14(16)17-2)18-12-7-5-6-11(9-12)10-15/h5-7,9-10,13H,3-4,8H2,1-2H3. The Balaban J connectivity index is 2.74. The number of hydrogen-bond donors (Lipinski definition) is 0. The molecule has 0 saturated carbocycles. The number of benzene rings is 1. The fraction of sp³-hybridized carbons (Fsp3) is 0.429. The molecule has 4 nitrogen and oxygen atoms in total. The summed E-state index contributed by atoms with van der Waals surface area (Å²) in [5, 5.41) is 0. The third-order valence-corrected chi connectivity index (χ3v) is 2.56. The van der Waals surface area contributed by atoms with E-state index in [1.165, 1.54) is 7.11 Å². The van der Waals surface area contributed by atoms with Crippen LogP contribution >= 0.6 is 0 Å². The average molecular weight is 250 g/mol. The molecule has 0 radical (unpaired) electrons. The predicted molar refractivity (Wildman–Crippen MR) is 67.8 cm³/mol. The smallest absolute Gasteiger partial charge is 0.347 e.